The summed E-state index contributed by atoms with van der Waals surface area (Å²) >= 11 is 4.82. The van der Waals surface area contributed by atoms with E-state index in [4.69, 9.17) is 0 Å². The van der Waals surface area contributed by atoms with Crippen LogP contribution in [0.15, 0.2) is 22.7 Å². The molecule has 1 N–H and O–H groups in total. The van der Waals surface area contributed by atoms with Crippen molar-refractivity contribution in [1.29, 1.82) is 0 Å². The molecule has 1 heterocycles. The molecular weight excluding hydrogens is 315 g/mol. The zero-order chi connectivity index (χ0) is 13.3. The summed E-state index contributed by atoms with van der Waals surface area (Å²) in [4.78, 5) is 5.59. The van der Waals surface area contributed by atoms with Gasteiger partial charge in [0.25, 0.3) is 0 Å². The third kappa shape index (κ3) is 2.90. The summed E-state index contributed by atoms with van der Waals surface area (Å²) in [6.45, 7) is 6.05. The molecule has 0 aliphatic carbocycles. The summed E-state index contributed by atoms with van der Waals surface area (Å²) in [5, 5.41) is 4.34. The Morgan fingerprint density at radius 3 is 2.67 bits per heavy atom. The minimum Gasteiger partial charge on any atom is -0.378 e. The molecule has 0 saturated carbocycles. The van der Waals surface area contributed by atoms with Gasteiger partial charge in [0.05, 0.1) is 21.2 Å². The van der Waals surface area contributed by atoms with Crippen LogP contribution in [-0.2, 0) is 0 Å². The molecule has 96 valence electrons. The van der Waals surface area contributed by atoms with Gasteiger partial charge in [-0.3, -0.25) is 0 Å². The first-order valence-electron chi connectivity index (χ1n) is 5.63. The average molecular weight is 329 g/mol. The SMILES string of the molecule is Cc1nc(C)c(C(C)Nc2ccc(Br)c(F)c2)s1. The third-order valence-electron chi connectivity index (χ3n) is 2.64. The van der Waals surface area contributed by atoms with E-state index in [-0.39, 0.29) is 11.9 Å². The highest BCUT2D eigenvalue weighted by atomic mass is 79.9. The monoisotopic (exact) mass is 328 g/mol. The van der Waals surface area contributed by atoms with Gasteiger partial charge >= 0.3 is 0 Å². The Kier molecular flexibility index (Phi) is 4.02. The van der Waals surface area contributed by atoms with Gasteiger partial charge in [0.15, 0.2) is 0 Å². The highest BCUT2D eigenvalue weighted by molar-refractivity contribution is 9.10. The molecule has 0 fully saturated rings. The quantitative estimate of drug-likeness (QED) is 0.872. The molecule has 2 rings (SSSR count). The van der Waals surface area contributed by atoms with Crippen molar-refractivity contribution in [3.63, 3.8) is 0 Å². The van der Waals surface area contributed by atoms with Crippen LogP contribution in [0.1, 0.15) is 28.5 Å². The molecule has 0 amide bonds. The number of hydrogen-bond acceptors (Lipinski definition) is 3. The van der Waals surface area contributed by atoms with Crippen molar-refractivity contribution >= 4 is 33.0 Å². The van der Waals surface area contributed by atoms with Crippen LogP contribution < -0.4 is 5.32 Å². The van der Waals surface area contributed by atoms with E-state index in [0.717, 1.165) is 16.4 Å². The Morgan fingerprint density at radius 2 is 2.11 bits per heavy atom. The number of aromatic nitrogens is 1. The van der Waals surface area contributed by atoms with Crippen molar-refractivity contribution < 1.29 is 4.39 Å². The maximum atomic E-state index is 13.4. The van der Waals surface area contributed by atoms with Gasteiger partial charge in [-0.15, -0.1) is 11.3 Å². The Labute approximate surface area is 118 Å². The third-order valence-corrected chi connectivity index (χ3v) is 4.53. The summed E-state index contributed by atoms with van der Waals surface area (Å²) in [5.74, 6) is -0.260. The molecule has 2 aromatic rings. The summed E-state index contributed by atoms with van der Waals surface area (Å²) in [5.41, 5.74) is 1.81. The zero-order valence-corrected chi connectivity index (χ0v) is 12.8. The van der Waals surface area contributed by atoms with E-state index < -0.39 is 0 Å². The molecule has 2 nitrogen and oxygen atoms in total. The van der Waals surface area contributed by atoms with Gasteiger partial charge in [-0.1, -0.05) is 0 Å². The number of anilines is 1. The van der Waals surface area contributed by atoms with Crippen LogP contribution in [0.3, 0.4) is 0 Å². The normalized spacial score (nSPS) is 12.5. The maximum absolute atomic E-state index is 13.4. The van der Waals surface area contributed by atoms with Crippen LogP contribution in [0, 0.1) is 19.7 Å². The fourth-order valence-electron chi connectivity index (χ4n) is 1.85. The van der Waals surface area contributed by atoms with E-state index in [1.165, 1.54) is 10.9 Å². The second-order valence-electron chi connectivity index (χ2n) is 4.18. The van der Waals surface area contributed by atoms with Crippen LogP contribution in [0.25, 0.3) is 0 Å². The molecule has 0 aliphatic heterocycles. The maximum Gasteiger partial charge on any atom is 0.139 e. The molecule has 0 radical (unpaired) electrons. The van der Waals surface area contributed by atoms with Gasteiger partial charge in [-0.05, 0) is 54.9 Å². The van der Waals surface area contributed by atoms with E-state index in [1.54, 1.807) is 17.4 Å². The van der Waals surface area contributed by atoms with Gasteiger partial charge in [-0.2, -0.15) is 0 Å². The van der Waals surface area contributed by atoms with E-state index in [0.29, 0.717) is 4.47 Å². The van der Waals surface area contributed by atoms with Gasteiger partial charge in [0, 0.05) is 10.6 Å². The summed E-state index contributed by atoms with van der Waals surface area (Å²) < 4.78 is 13.9. The van der Waals surface area contributed by atoms with Crippen molar-refractivity contribution in [3.8, 4) is 0 Å². The number of aryl methyl sites for hydroxylation is 2. The molecule has 5 heteroatoms. The lowest BCUT2D eigenvalue weighted by Crippen LogP contribution is -2.06. The number of nitrogens with zero attached hydrogens (tertiary/aromatic N) is 1. The molecule has 1 aromatic heterocycles. The number of rotatable bonds is 3. The van der Waals surface area contributed by atoms with Crippen molar-refractivity contribution in [2.24, 2.45) is 0 Å². The zero-order valence-electron chi connectivity index (χ0n) is 10.4. The number of thiazole rings is 1. The standard InChI is InChI=1S/C13H14BrFN2S/c1-7-13(18-9(3)16-7)8(2)17-10-4-5-11(14)12(15)6-10/h4-6,8,17H,1-3H3. The average Bonchev–Trinajstić information content (AvgIpc) is 2.63. The molecule has 18 heavy (non-hydrogen) atoms. The first kappa shape index (κ1) is 13.5. The lowest BCUT2D eigenvalue weighted by Gasteiger charge is -2.14. The summed E-state index contributed by atoms with van der Waals surface area (Å²) in [7, 11) is 0. The van der Waals surface area contributed by atoms with Gasteiger partial charge in [0.2, 0.25) is 0 Å². The van der Waals surface area contributed by atoms with Crippen LogP contribution in [0.2, 0.25) is 0 Å². The Hall–Kier alpha value is -0.940. The van der Waals surface area contributed by atoms with Gasteiger partial charge < -0.3 is 5.32 Å². The van der Waals surface area contributed by atoms with Crippen LogP contribution >= 0.6 is 27.3 Å². The minimum atomic E-state index is -0.260. The molecule has 1 atom stereocenters. The van der Waals surface area contributed by atoms with Crippen molar-refractivity contribution in [1.82, 2.24) is 4.98 Å². The fourth-order valence-corrected chi connectivity index (χ4v) is 3.03. The van der Waals surface area contributed by atoms with Crippen LogP contribution in [0.5, 0.6) is 0 Å². The first-order valence-corrected chi connectivity index (χ1v) is 7.24. The molecule has 0 saturated heterocycles. The molecule has 0 bridgehead atoms. The van der Waals surface area contributed by atoms with Crippen molar-refractivity contribution in [3.05, 3.63) is 44.1 Å². The number of halogens is 2. The largest absolute Gasteiger partial charge is 0.378 e. The predicted octanol–water partition coefficient (Wildman–Crippen LogP) is 4.83. The molecule has 1 unspecified atom stereocenters. The summed E-state index contributed by atoms with van der Waals surface area (Å²) in [6.07, 6.45) is 0. The lowest BCUT2D eigenvalue weighted by molar-refractivity contribution is 0.621. The Balaban J connectivity index is 2.18. The number of benzene rings is 1. The Bertz CT molecular complexity index is 568. The van der Waals surface area contributed by atoms with E-state index in [1.807, 2.05) is 19.9 Å². The molecular formula is C13H14BrFN2S. The number of nitrogens with one attached hydrogen (secondary N) is 1. The molecule has 0 aliphatic rings. The van der Waals surface area contributed by atoms with Crippen LogP contribution in [-0.4, -0.2) is 4.98 Å². The second-order valence-corrected chi connectivity index (χ2v) is 6.27. The first-order chi connectivity index (χ1) is 8.47. The van der Waals surface area contributed by atoms with Gasteiger partial charge in [0.1, 0.15) is 5.82 Å². The molecule has 1 aromatic carbocycles. The highest BCUT2D eigenvalue weighted by Crippen LogP contribution is 2.28. The topological polar surface area (TPSA) is 24.9 Å². The Morgan fingerprint density at radius 1 is 1.39 bits per heavy atom. The smallest absolute Gasteiger partial charge is 0.139 e. The molecule has 0 spiro atoms. The fraction of sp³-hybridized carbons (Fsp3) is 0.308. The van der Waals surface area contributed by atoms with E-state index in [9.17, 15) is 4.39 Å². The van der Waals surface area contributed by atoms with Crippen molar-refractivity contribution in [2.75, 3.05) is 5.32 Å². The second kappa shape index (κ2) is 5.36. The summed E-state index contributed by atoms with van der Waals surface area (Å²) in [6, 6.07) is 5.17. The van der Waals surface area contributed by atoms with Gasteiger partial charge in [-0.25, -0.2) is 9.37 Å². The minimum absolute atomic E-state index is 0.122. The highest BCUT2D eigenvalue weighted by Gasteiger charge is 2.13. The van der Waals surface area contributed by atoms with Crippen LogP contribution in [0.4, 0.5) is 10.1 Å². The number of hydrogen-bond donors (Lipinski definition) is 1. The van der Waals surface area contributed by atoms with Crippen molar-refractivity contribution in [2.45, 2.75) is 26.8 Å². The van der Waals surface area contributed by atoms with E-state index in [2.05, 4.69) is 33.2 Å². The lowest BCUT2D eigenvalue weighted by atomic mass is 10.2. The predicted molar refractivity (Wildman–Crippen MR) is 77.7 cm³/mol. The van der Waals surface area contributed by atoms with E-state index >= 15 is 0 Å².